The molecule has 0 aromatic carbocycles. The van der Waals surface area contributed by atoms with E-state index in [0.717, 1.165) is 25.1 Å². The monoisotopic (exact) mass is 178 g/mol. The van der Waals surface area contributed by atoms with Crippen LogP contribution in [0.3, 0.4) is 0 Å². The fourth-order valence-corrected chi connectivity index (χ4v) is 1.50. The zero-order valence-electron chi connectivity index (χ0n) is 7.48. The molecule has 0 atom stereocenters. The van der Waals surface area contributed by atoms with Gasteiger partial charge in [-0.2, -0.15) is 0 Å². The van der Waals surface area contributed by atoms with E-state index in [4.69, 9.17) is 5.73 Å². The van der Waals surface area contributed by atoms with Gasteiger partial charge in [-0.3, -0.25) is 0 Å². The van der Waals surface area contributed by atoms with Crippen LogP contribution < -0.4 is 11.1 Å². The summed E-state index contributed by atoms with van der Waals surface area (Å²) < 4.78 is 0. The molecule has 4 nitrogen and oxygen atoms in total. The minimum atomic E-state index is 0.405. The molecule has 0 unspecified atom stereocenters. The quantitative estimate of drug-likeness (QED) is 0.686. The number of hydrogen-bond acceptors (Lipinski definition) is 4. The second-order valence-electron chi connectivity index (χ2n) is 3.51. The first kappa shape index (κ1) is 8.59. The van der Waals surface area contributed by atoms with Crippen LogP contribution in [0.15, 0.2) is 18.6 Å². The molecule has 3 N–H and O–H groups in total. The molecule has 2 rings (SSSR count). The lowest BCUT2D eigenvalue weighted by molar-refractivity contribution is 0.290. The van der Waals surface area contributed by atoms with E-state index in [-0.39, 0.29) is 0 Å². The van der Waals surface area contributed by atoms with Crippen LogP contribution in [0.1, 0.15) is 18.5 Å². The van der Waals surface area contributed by atoms with Crippen molar-refractivity contribution >= 4 is 0 Å². The molecule has 13 heavy (non-hydrogen) atoms. The van der Waals surface area contributed by atoms with Gasteiger partial charge in [0.25, 0.3) is 0 Å². The number of nitrogens with one attached hydrogen (secondary N) is 1. The average Bonchev–Trinajstić information content (AvgIpc) is 2.12. The summed E-state index contributed by atoms with van der Waals surface area (Å²) in [5.74, 6) is 0. The predicted octanol–water partition coefficient (Wildman–Crippen LogP) is 0.0559. The third kappa shape index (κ3) is 2.23. The number of nitrogens with zero attached hydrogens (tertiary/aromatic N) is 2. The summed E-state index contributed by atoms with van der Waals surface area (Å²) in [6, 6.07) is 2.92. The first-order valence-corrected chi connectivity index (χ1v) is 4.58. The highest BCUT2D eigenvalue weighted by Crippen LogP contribution is 2.17. The number of nitrogens with two attached hydrogens (primary N) is 1. The van der Waals surface area contributed by atoms with Crippen molar-refractivity contribution in [2.75, 3.05) is 0 Å². The summed E-state index contributed by atoms with van der Waals surface area (Å²) in [4.78, 5) is 7.98. The van der Waals surface area contributed by atoms with Crippen LogP contribution in [-0.4, -0.2) is 22.1 Å². The molecule has 0 bridgehead atoms. The molecule has 4 heteroatoms. The van der Waals surface area contributed by atoms with Crippen LogP contribution in [0.4, 0.5) is 0 Å². The minimum Gasteiger partial charge on any atom is -0.328 e. The normalized spacial score (nSPS) is 26.8. The van der Waals surface area contributed by atoms with E-state index in [1.165, 1.54) is 0 Å². The van der Waals surface area contributed by atoms with E-state index in [1.807, 2.05) is 6.07 Å². The highest BCUT2D eigenvalue weighted by Gasteiger charge is 2.24. The van der Waals surface area contributed by atoms with E-state index in [1.54, 1.807) is 12.5 Å². The lowest BCUT2D eigenvalue weighted by Crippen LogP contribution is -2.48. The molecule has 1 heterocycles. The van der Waals surface area contributed by atoms with Gasteiger partial charge in [-0.25, -0.2) is 9.97 Å². The summed E-state index contributed by atoms with van der Waals surface area (Å²) in [6.07, 6.45) is 5.51. The number of aromatic nitrogens is 2. The van der Waals surface area contributed by atoms with Crippen LogP contribution in [0.2, 0.25) is 0 Å². The molecule has 1 aliphatic carbocycles. The molecule has 1 saturated carbocycles. The van der Waals surface area contributed by atoms with Crippen LogP contribution >= 0.6 is 0 Å². The Morgan fingerprint density at radius 2 is 2.38 bits per heavy atom. The van der Waals surface area contributed by atoms with E-state index in [2.05, 4.69) is 15.3 Å². The molecule has 0 aliphatic heterocycles. The van der Waals surface area contributed by atoms with Gasteiger partial charge >= 0.3 is 0 Å². The maximum absolute atomic E-state index is 5.67. The van der Waals surface area contributed by atoms with E-state index in [0.29, 0.717) is 12.1 Å². The maximum Gasteiger partial charge on any atom is 0.115 e. The first-order valence-electron chi connectivity index (χ1n) is 4.58. The molecular weight excluding hydrogens is 164 g/mol. The largest absolute Gasteiger partial charge is 0.328 e. The molecule has 0 radical (unpaired) electrons. The van der Waals surface area contributed by atoms with Gasteiger partial charge in [-0.15, -0.1) is 0 Å². The second-order valence-corrected chi connectivity index (χ2v) is 3.51. The average molecular weight is 178 g/mol. The molecular formula is C9H14N4. The Morgan fingerprint density at radius 1 is 1.54 bits per heavy atom. The van der Waals surface area contributed by atoms with Gasteiger partial charge in [-0.1, -0.05) is 0 Å². The maximum atomic E-state index is 5.67. The van der Waals surface area contributed by atoms with Crippen molar-refractivity contribution in [3.05, 3.63) is 24.3 Å². The summed E-state index contributed by atoms with van der Waals surface area (Å²) in [6.45, 7) is 0.819. The van der Waals surface area contributed by atoms with E-state index < -0.39 is 0 Å². The van der Waals surface area contributed by atoms with E-state index in [9.17, 15) is 0 Å². The Labute approximate surface area is 77.6 Å². The Balaban J connectivity index is 1.74. The molecule has 70 valence electrons. The highest BCUT2D eigenvalue weighted by atomic mass is 15.0. The van der Waals surface area contributed by atoms with Gasteiger partial charge in [0, 0.05) is 24.8 Å². The smallest absolute Gasteiger partial charge is 0.115 e. The molecule has 0 saturated heterocycles. The van der Waals surface area contributed by atoms with Gasteiger partial charge in [0.15, 0.2) is 0 Å². The van der Waals surface area contributed by atoms with Crippen molar-refractivity contribution in [2.45, 2.75) is 31.5 Å². The van der Waals surface area contributed by atoms with Crippen LogP contribution in [0.25, 0.3) is 0 Å². The zero-order chi connectivity index (χ0) is 9.10. The number of hydrogen-bond donors (Lipinski definition) is 2. The minimum absolute atomic E-state index is 0.405. The van der Waals surface area contributed by atoms with Gasteiger partial charge in [0.05, 0.1) is 5.69 Å². The van der Waals surface area contributed by atoms with Crippen molar-refractivity contribution in [1.29, 1.82) is 0 Å². The Kier molecular flexibility index (Phi) is 2.52. The fourth-order valence-electron chi connectivity index (χ4n) is 1.50. The number of rotatable bonds is 3. The fraction of sp³-hybridized carbons (Fsp3) is 0.556. The van der Waals surface area contributed by atoms with Gasteiger partial charge < -0.3 is 11.1 Å². The lowest BCUT2D eigenvalue weighted by Gasteiger charge is -2.33. The Morgan fingerprint density at radius 3 is 3.00 bits per heavy atom. The van der Waals surface area contributed by atoms with Crippen molar-refractivity contribution in [3.8, 4) is 0 Å². The lowest BCUT2D eigenvalue weighted by atomic mass is 9.88. The predicted molar refractivity (Wildman–Crippen MR) is 49.9 cm³/mol. The van der Waals surface area contributed by atoms with Crippen molar-refractivity contribution in [1.82, 2.24) is 15.3 Å². The molecule has 1 aliphatic rings. The standard InChI is InChI=1S/C9H14N4/c10-7-3-9(4-7)12-5-8-1-2-11-6-13-8/h1-2,6-7,9,12H,3-5,10H2. The second kappa shape index (κ2) is 3.81. The third-order valence-corrected chi connectivity index (χ3v) is 2.39. The van der Waals surface area contributed by atoms with E-state index >= 15 is 0 Å². The molecule has 0 spiro atoms. The summed E-state index contributed by atoms with van der Waals surface area (Å²) >= 11 is 0. The summed E-state index contributed by atoms with van der Waals surface area (Å²) in [5, 5.41) is 3.40. The first-order chi connectivity index (χ1) is 6.34. The summed E-state index contributed by atoms with van der Waals surface area (Å²) in [5.41, 5.74) is 6.71. The van der Waals surface area contributed by atoms with Crippen molar-refractivity contribution in [2.24, 2.45) is 5.73 Å². The molecule has 1 aromatic rings. The Bertz CT molecular complexity index is 256. The van der Waals surface area contributed by atoms with Crippen LogP contribution in [-0.2, 0) is 6.54 Å². The SMILES string of the molecule is NC1CC(NCc2ccncn2)C1. The van der Waals surface area contributed by atoms with Crippen molar-refractivity contribution in [3.63, 3.8) is 0 Å². The third-order valence-electron chi connectivity index (χ3n) is 2.39. The summed E-state index contributed by atoms with van der Waals surface area (Å²) in [7, 11) is 0. The molecule has 0 amide bonds. The van der Waals surface area contributed by atoms with Gasteiger partial charge in [-0.05, 0) is 18.9 Å². The van der Waals surface area contributed by atoms with Gasteiger partial charge in [0.1, 0.15) is 6.33 Å². The van der Waals surface area contributed by atoms with Crippen LogP contribution in [0.5, 0.6) is 0 Å². The zero-order valence-corrected chi connectivity index (χ0v) is 7.48. The van der Waals surface area contributed by atoms with Crippen LogP contribution in [0, 0.1) is 0 Å². The molecule has 1 aromatic heterocycles. The van der Waals surface area contributed by atoms with Gasteiger partial charge in [0.2, 0.25) is 0 Å². The Hall–Kier alpha value is -1.00. The van der Waals surface area contributed by atoms with Crippen molar-refractivity contribution < 1.29 is 0 Å². The highest BCUT2D eigenvalue weighted by molar-refractivity contribution is 4.98. The molecule has 1 fully saturated rings. The topological polar surface area (TPSA) is 63.8 Å².